The Bertz CT molecular complexity index is 145. The Hall–Kier alpha value is -1.31. The van der Waals surface area contributed by atoms with Crippen LogP contribution in [0.5, 0.6) is 0 Å². The maximum atomic E-state index is 10.3. The molecule has 0 saturated heterocycles. The van der Waals surface area contributed by atoms with Gasteiger partial charge in [0, 0.05) is 6.08 Å². The van der Waals surface area contributed by atoms with Gasteiger partial charge in [0.05, 0.1) is 6.26 Å². The second-order valence-corrected chi connectivity index (χ2v) is 1.21. The molecule has 2 heteroatoms. The van der Waals surface area contributed by atoms with Crippen LogP contribution >= 0.6 is 0 Å². The Morgan fingerprint density at radius 1 is 1.44 bits per heavy atom. The van der Waals surface area contributed by atoms with Crippen LogP contribution in [0.4, 0.5) is 0 Å². The maximum absolute atomic E-state index is 10.3. The molecule has 0 aliphatic carbocycles. The number of rotatable bonds is 3. The smallest absolute Gasteiger partial charge is 0.334 e. The largest absolute Gasteiger partial charge is 0.431 e. The Balaban J connectivity index is 3.49. The molecule has 0 aromatic carbocycles. The summed E-state index contributed by atoms with van der Waals surface area (Å²) in [6.07, 6.45) is 5.36. The van der Waals surface area contributed by atoms with E-state index in [0.717, 1.165) is 6.08 Å². The number of ether oxygens (including phenoxy) is 1. The molecule has 0 fully saturated rings. The minimum Gasteiger partial charge on any atom is -0.431 e. The van der Waals surface area contributed by atoms with Crippen molar-refractivity contribution in [1.82, 2.24) is 0 Å². The molecule has 9 heavy (non-hydrogen) atoms. The van der Waals surface area contributed by atoms with E-state index in [9.17, 15) is 4.79 Å². The molecular formula is C7H8O2. The maximum Gasteiger partial charge on any atom is 0.334 e. The van der Waals surface area contributed by atoms with Gasteiger partial charge in [-0.2, -0.15) is 0 Å². The molecule has 0 aliphatic rings. The van der Waals surface area contributed by atoms with Crippen LogP contribution < -0.4 is 0 Å². The van der Waals surface area contributed by atoms with Gasteiger partial charge in [-0.3, -0.25) is 0 Å². The summed E-state index contributed by atoms with van der Waals surface area (Å²) in [4.78, 5) is 10.3. The van der Waals surface area contributed by atoms with Crippen molar-refractivity contribution >= 4 is 5.97 Å². The summed E-state index contributed by atoms with van der Waals surface area (Å²) in [7, 11) is 0. The lowest BCUT2D eigenvalue weighted by atomic mass is 10.6. The van der Waals surface area contributed by atoms with E-state index in [1.807, 2.05) is 0 Å². The average molecular weight is 124 g/mol. The van der Waals surface area contributed by atoms with E-state index in [-0.39, 0.29) is 0 Å². The van der Waals surface area contributed by atoms with Gasteiger partial charge in [-0.05, 0) is 6.08 Å². The number of hydrogen-bond donors (Lipinski definition) is 0. The van der Waals surface area contributed by atoms with E-state index in [4.69, 9.17) is 0 Å². The van der Waals surface area contributed by atoms with Gasteiger partial charge in [-0.1, -0.05) is 19.2 Å². The molecule has 0 N–H and O–H groups in total. The van der Waals surface area contributed by atoms with E-state index < -0.39 is 5.97 Å². The first kappa shape index (κ1) is 7.69. The third-order valence-corrected chi connectivity index (χ3v) is 0.566. The molecule has 0 spiro atoms. The summed E-state index contributed by atoms with van der Waals surface area (Å²) >= 11 is 0. The molecule has 0 aromatic heterocycles. The molecule has 0 aromatic rings. The van der Waals surface area contributed by atoms with Crippen LogP contribution in [0.15, 0.2) is 37.6 Å². The molecule has 0 bridgehead atoms. The zero-order valence-electron chi connectivity index (χ0n) is 5.04. The zero-order valence-corrected chi connectivity index (χ0v) is 5.04. The summed E-state index contributed by atoms with van der Waals surface area (Å²) in [5.41, 5.74) is 0. The van der Waals surface area contributed by atoms with Crippen molar-refractivity contribution in [3.05, 3.63) is 37.6 Å². The lowest BCUT2D eigenvalue weighted by Crippen LogP contribution is -1.91. The van der Waals surface area contributed by atoms with Crippen LogP contribution in [-0.2, 0) is 9.53 Å². The summed E-state index contributed by atoms with van der Waals surface area (Å²) in [6.45, 7) is 6.58. The minimum absolute atomic E-state index is 0.465. The van der Waals surface area contributed by atoms with Crippen LogP contribution in [0.1, 0.15) is 0 Å². The Morgan fingerprint density at radius 2 is 2.11 bits per heavy atom. The first-order valence-corrected chi connectivity index (χ1v) is 2.42. The van der Waals surface area contributed by atoms with Crippen molar-refractivity contribution in [2.75, 3.05) is 0 Å². The lowest BCUT2D eigenvalue weighted by molar-refractivity contribution is -0.132. The highest BCUT2D eigenvalue weighted by molar-refractivity contribution is 5.81. The third kappa shape index (κ3) is 4.55. The van der Waals surface area contributed by atoms with Gasteiger partial charge < -0.3 is 4.74 Å². The van der Waals surface area contributed by atoms with E-state index in [0.29, 0.717) is 0 Å². The van der Waals surface area contributed by atoms with Crippen molar-refractivity contribution in [2.24, 2.45) is 0 Å². The summed E-state index contributed by atoms with van der Waals surface area (Å²) in [6, 6.07) is 0. The summed E-state index contributed by atoms with van der Waals surface area (Å²) in [5.74, 6) is -0.465. The van der Waals surface area contributed by atoms with Crippen molar-refractivity contribution in [3.63, 3.8) is 0 Å². The van der Waals surface area contributed by atoms with Gasteiger partial charge in [0.1, 0.15) is 0 Å². The second-order valence-electron chi connectivity index (χ2n) is 1.21. The van der Waals surface area contributed by atoms with Gasteiger partial charge in [0.15, 0.2) is 0 Å². The van der Waals surface area contributed by atoms with E-state index >= 15 is 0 Å². The highest BCUT2D eigenvalue weighted by Gasteiger charge is 1.85. The van der Waals surface area contributed by atoms with Gasteiger partial charge in [0.25, 0.3) is 0 Å². The fourth-order valence-corrected chi connectivity index (χ4v) is 0.210. The normalized spacial score (nSPS) is 8.89. The number of allylic oxidation sites excluding steroid dienone is 2. The topological polar surface area (TPSA) is 26.3 Å². The molecule has 0 radical (unpaired) electrons. The third-order valence-electron chi connectivity index (χ3n) is 0.566. The number of hydrogen-bond acceptors (Lipinski definition) is 2. The molecule has 48 valence electrons. The summed E-state index contributed by atoms with van der Waals surface area (Å²) < 4.78 is 4.42. The molecule has 2 nitrogen and oxygen atoms in total. The van der Waals surface area contributed by atoms with E-state index in [1.54, 1.807) is 0 Å². The molecule has 0 rings (SSSR count). The molecule has 0 unspecified atom stereocenters. The molecule has 0 aliphatic heterocycles. The van der Waals surface area contributed by atoms with Crippen LogP contribution in [0.3, 0.4) is 0 Å². The zero-order chi connectivity index (χ0) is 7.11. The predicted molar refractivity (Wildman–Crippen MR) is 35.6 cm³/mol. The van der Waals surface area contributed by atoms with E-state index in [1.165, 1.54) is 18.4 Å². The quantitative estimate of drug-likeness (QED) is 0.246. The van der Waals surface area contributed by atoms with Crippen molar-refractivity contribution in [2.45, 2.75) is 0 Å². The first-order chi connectivity index (χ1) is 4.31. The first-order valence-electron chi connectivity index (χ1n) is 2.42. The van der Waals surface area contributed by atoms with E-state index in [2.05, 4.69) is 17.9 Å². The van der Waals surface area contributed by atoms with Crippen molar-refractivity contribution in [3.8, 4) is 0 Å². The minimum atomic E-state index is -0.465. The fourth-order valence-electron chi connectivity index (χ4n) is 0.210. The van der Waals surface area contributed by atoms with Gasteiger partial charge in [0.2, 0.25) is 0 Å². The standard InChI is InChI=1S/C7H8O2/c1-3-5-6-9-7(8)4-2/h3-6H,1-2H2. The van der Waals surface area contributed by atoms with Crippen LogP contribution in [-0.4, -0.2) is 5.97 Å². The second kappa shape index (κ2) is 4.84. The van der Waals surface area contributed by atoms with Crippen LogP contribution in [0.25, 0.3) is 0 Å². The molecule has 0 atom stereocenters. The molecule has 0 heterocycles. The fraction of sp³-hybridized carbons (Fsp3) is 0. The SMILES string of the molecule is C=CC=COC(=O)C=C. The van der Waals surface area contributed by atoms with Crippen LogP contribution in [0.2, 0.25) is 0 Å². The number of carbonyl (C=O) groups is 1. The monoisotopic (exact) mass is 124 g/mol. The van der Waals surface area contributed by atoms with Gasteiger partial charge in [-0.25, -0.2) is 4.79 Å². The lowest BCUT2D eigenvalue weighted by Gasteiger charge is -1.87. The van der Waals surface area contributed by atoms with Gasteiger partial charge in [-0.15, -0.1) is 0 Å². The van der Waals surface area contributed by atoms with Crippen molar-refractivity contribution in [1.29, 1.82) is 0 Å². The summed E-state index contributed by atoms with van der Waals surface area (Å²) in [5, 5.41) is 0. The highest BCUT2D eigenvalue weighted by atomic mass is 16.5. The molecule has 0 saturated carbocycles. The molecule has 0 amide bonds. The van der Waals surface area contributed by atoms with Gasteiger partial charge >= 0.3 is 5.97 Å². The number of esters is 1. The Kier molecular flexibility index (Phi) is 4.14. The Labute approximate surface area is 54.1 Å². The Morgan fingerprint density at radius 3 is 2.56 bits per heavy atom. The number of carbonyl (C=O) groups excluding carboxylic acids is 1. The van der Waals surface area contributed by atoms with Crippen LogP contribution in [0, 0.1) is 0 Å². The average Bonchev–Trinajstić information content (AvgIpc) is 1.89. The molecular weight excluding hydrogens is 116 g/mol. The highest BCUT2D eigenvalue weighted by Crippen LogP contribution is 1.80. The van der Waals surface area contributed by atoms with Crippen molar-refractivity contribution < 1.29 is 9.53 Å². The predicted octanol–water partition coefficient (Wildman–Crippen LogP) is 1.42.